The van der Waals surface area contributed by atoms with Crippen LogP contribution in [0.3, 0.4) is 0 Å². The van der Waals surface area contributed by atoms with E-state index < -0.39 is 11.4 Å². The fraction of sp³-hybridized carbons (Fsp3) is 0.900. The summed E-state index contributed by atoms with van der Waals surface area (Å²) in [6.45, 7) is 0. The topological polar surface area (TPSA) is 63.3 Å². The highest BCUT2D eigenvalue weighted by atomic mass is 32.2. The van der Waals surface area contributed by atoms with Gasteiger partial charge in [0.15, 0.2) is 0 Å². The number of carbonyl (C=O) groups is 1. The molecular formula is C10H17NO2S. The molecule has 3 nitrogen and oxygen atoms in total. The number of hydrogen-bond donors (Lipinski definition) is 2. The van der Waals surface area contributed by atoms with Crippen molar-refractivity contribution >= 4 is 17.7 Å². The fourth-order valence-corrected chi connectivity index (χ4v) is 3.59. The van der Waals surface area contributed by atoms with Gasteiger partial charge in [0, 0.05) is 11.8 Å². The van der Waals surface area contributed by atoms with Gasteiger partial charge in [-0.25, -0.2) is 0 Å². The highest BCUT2D eigenvalue weighted by Gasteiger charge is 2.48. The standard InChI is InChI=1S/C10H17NO2S/c11-8-3-4-14-6-10(8,9(12)13)5-7-1-2-7/h7-8H,1-6,11H2,(H,12,13). The first-order valence-electron chi connectivity index (χ1n) is 5.22. The quantitative estimate of drug-likeness (QED) is 0.745. The third-order valence-corrected chi connectivity index (χ3v) is 4.66. The van der Waals surface area contributed by atoms with Gasteiger partial charge in [-0.15, -0.1) is 0 Å². The third kappa shape index (κ3) is 1.77. The zero-order valence-corrected chi connectivity index (χ0v) is 9.05. The van der Waals surface area contributed by atoms with Gasteiger partial charge >= 0.3 is 5.97 Å². The Morgan fingerprint density at radius 1 is 1.50 bits per heavy atom. The predicted molar refractivity (Wildman–Crippen MR) is 57.3 cm³/mol. The average molecular weight is 215 g/mol. The lowest BCUT2D eigenvalue weighted by Gasteiger charge is -2.38. The normalized spacial score (nSPS) is 38.2. The number of carboxylic acids is 1. The van der Waals surface area contributed by atoms with Crippen molar-refractivity contribution in [2.75, 3.05) is 11.5 Å². The summed E-state index contributed by atoms with van der Waals surface area (Å²) in [6.07, 6.45) is 4.05. The fourth-order valence-electron chi connectivity index (χ4n) is 2.20. The molecule has 0 aromatic carbocycles. The summed E-state index contributed by atoms with van der Waals surface area (Å²) in [5.74, 6) is 1.68. The molecule has 1 heterocycles. The summed E-state index contributed by atoms with van der Waals surface area (Å²) in [6, 6.07) is -0.137. The maximum absolute atomic E-state index is 11.4. The minimum absolute atomic E-state index is 0.137. The van der Waals surface area contributed by atoms with Crippen LogP contribution in [0.1, 0.15) is 25.7 Å². The van der Waals surface area contributed by atoms with E-state index in [1.54, 1.807) is 11.8 Å². The molecule has 3 N–H and O–H groups in total. The second kappa shape index (κ2) is 3.74. The van der Waals surface area contributed by atoms with E-state index in [-0.39, 0.29) is 6.04 Å². The van der Waals surface area contributed by atoms with Gasteiger partial charge in [0.1, 0.15) is 0 Å². The van der Waals surface area contributed by atoms with Gasteiger partial charge in [-0.1, -0.05) is 12.8 Å². The van der Waals surface area contributed by atoms with Crippen LogP contribution in [0.15, 0.2) is 0 Å². The Morgan fingerprint density at radius 3 is 2.71 bits per heavy atom. The zero-order chi connectivity index (χ0) is 10.2. The number of thioether (sulfide) groups is 1. The lowest BCUT2D eigenvalue weighted by Crippen LogP contribution is -2.52. The molecule has 1 saturated carbocycles. The lowest BCUT2D eigenvalue weighted by atomic mass is 9.76. The predicted octanol–water partition coefficient (Wildman–Crippen LogP) is 1.32. The maximum Gasteiger partial charge on any atom is 0.312 e. The van der Waals surface area contributed by atoms with Gasteiger partial charge in [0.05, 0.1) is 5.41 Å². The van der Waals surface area contributed by atoms with Crippen molar-refractivity contribution in [2.45, 2.75) is 31.7 Å². The molecule has 1 saturated heterocycles. The van der Waals surface area contributed by atoms with Crippen LogP contribution in [0.2, 0.25) is 0 Å². The van der Waals surface area contributed by atoms with Gasteiger partial charge in [0.25, 0.3) is 0 Å². The molecule has 2 fully saturated rings. The summed E-state index contributed by atoms with van der Waals surface area (Å²) in [5.41, 5.74) is 5.38. The van der Waals surface area contributed by atoms with E-state index in [2.05, 4.69) is 0 Å². The molecule has 2 atom stereocenters. The monoisotopic (exact) mass is 215 g/mol. The Hall–Kier alpha value is -0.220. The Bertz CT molecular complexity index is 242. The zero-order valence-electron chi connectivity index (χ0n) is 8.24. The summed E-state index contributed by atoms with van der Waals surface area (Å²) in [4.78, 5) is 11.4. The third-order valence-electron chi connectivity index (χ3n) is 3.42. The molecule has 1 aliphatic carbocycles. The van der Waals surface area contributed by atoms with Crippen LogP contribution < -0.4 is 5.73 Å². The van der Waals surface area contributed by atoms with Crippen molar-refractivity contribution in [1.82, 2.24) is 0 Å². The Balaban J connectivity index is 2.13. The summed E-state index contributed by atoms with van der Waals surface area (Å²) >= 11 is 1.74. The van der Waals surface area contributed by atoms with Crippen LogP contribution in [-0.4, -0.2) is 28.6 Å². The minimum atomic E-state index is -0.677. The molecule has 2 rings (SSSR count). The van der Waals surface area contributed by atoms with Crippen molar-refractivity contribution in [1.29, 1.82) is 0 Å². The molecule has 2 aliphatic rings. The largest absolute Gasteiger partial charge is 0.481 e. The molecule has 2 unspecified atom stereocenters. The van der Waals surface area contributed by atoms with Crippen LogP contribution in [-0.2, 0) is 4.79 Å². The van der Waals surface area contributed by atoms with Crippen molar-refractivity contribution < 1.29 is 9.90 Å². The van der Waals surface area contributed by atoms with E-state index in [4.69, 9.17) is 5.73 Å². The van der Waals surface area contributed by atoms with Crippen LogP contribution in [0, 0.1) is 11.3 Å². The lowest BCUT2D eigenvalue weighted by molar-refractivity contribution is -0.149. The van der Waals surface area contributed by atoms with E-state index in [1.165, 1.54) is 12.8 Å². The molecule has 0 aromatic heterocycles. The van der Waals surface area contributed by atoms with Crippen molar-refractivity contribution in [3.8, 4) is 0 Å². The Labute approximate surface area is 88.4 Å². The van der Waals surface area contributed by atoms with Crippen LogP contribution in [0.25, 0.3) is 0 Å². The molecular weight excluding hydrogens is 198 g/mol. The molecule has 14 heavy (non-hydrogen) atoms. The minimum Gasteiger partial charge on any atom is -0.481 e. The van der Waals surface area contributed by atoms with Gasteiger partial charge < -0.3 is 10.8 Å². The van der Waals surface area contributed by atoms with Gasteiger partial charge in [0.2, 0.25) is 0 Å². The second-order valence-corrected chi connectivity index (χ2v) is 5.66. The number of hydrogen-bond acceptors (Lipinski definition) is 3. The van der Waals surface area contributed by atoms with E-state index in [9.17, 15) is 9.90 Å². The summed E-state index contributed by atoms with van der Waals surface area (Å²) in [5, 5.41) is 9.34. The van der Waals surface area contributed by atoms with Gasteiger partial charge in [-0.2, -0.15) is 11.8 Å². The molecule has 0 aromatic rings. The first kappa shape index (κ1) is 10.3. The van der Waals surface area contributed by atoms with E-state index in [1.807, 2.05) is 0 Å². The number of nitrogens with two attached hydrogens (primary N) is 1. The van der Waals surface area contributed by atoms with Crippen molar-refractivity contribution in [2.24, 2.45) is 17.1 Å². The van der Waals surface area contributed by atoms with Crippen molar-refractivity contribution in [3.63, 3.8) is 0 Å². The van der Waals surface area contributed by atoms with E-state index in [0.29, 0.717) is 11.7 Å². The maximum atomic E-state index is 11.4. The number of rotatable bonds is 3. The summed E-state index contributed by atoms with van der Waals surface area (Å²) < 4.78 is 0. The molecule has 0 radical (unpaired) electrons. The average Bonchev–Trinajstić information content (AvgIpc) is 2.92. The summed E-state index contributed by atoms with van der Waals surface area (Å²) in [7, 11) is 0. The van der Waals surface area contributed by atoms with Crippen LogP contribution in [0.4, 0.5) is 0 Å². The Kier molecular flexibility index (Phi) is 2.75. The molecule has 0 spiro atoms. The smallest absolute Gasteiger partial charge is 0.312 e. The number of carboxylic acid groups (broad SMARTS) is 1. The highest BCUT2D eigenvalue weighted by molar-refractivity contribution is 7.99. The molecule has 0 bridgehead atoms. The first-order chi connectivity index (χ1) is 6.65. The van der Waals surface area contributed by atoms with Gasteiger partial charge in [-0.05, 0) is 24.5 Å². The van der Waals surface area contributed by atoms with Crippen molar-refractivity contribution in [3.05, 3.63) is 0 Å². The molecule has 80 valence electrons. The van der Waals surface area contributed by atoms with Crippen LogP contribution in [0.5, 0.6) is 0 Å². The first-order valence-corrected chi connectivity index (χ1v) is 6.37. The molecule has 4 heteroatoms. The van der Waals surface area contributed by atoms with E-state index in [0.717, 1.165) is 18.6 Å². The Morgan fingerprint density at radius 2 is 2.21 bits per heavy atom. The van der Waals surface area contributed by atoms with E-state index >= 15 is 0 Å². The van der Waals surface area contributed by atoms with Gasteiger partial charge in [-0.3, -0.25) is 4.79 Å². The second-order valence-electron chi connectivity index (χ2n) is 4.56. The highest BCUT2D eigenvalue weighted by Crippen LogP contribution is 2.46. The SMILES string of the molecule is NC1CCSCC1(CC1CC1)C(=O)O. The van der Waals surface area contributed by atoms with Crippen LogP contribution >= 0.6 is 11.8 Å². The molecule has 0 amide bonds. The molecule has 1 aliphatic heterocycles. The number of aliphatic carboxylic acids is 1.